The van der Waals surface area contributed by atoms with E-state index in [0.717, 1.165) is 23.3 Å². The molecule has 1 saturated heterocycles. The van der Waals surface area contributed by atoms with Crippen molar-refractivity contribution in [1.29, 1.82) is 0 Å². The number of para-hydroxylation sites is 1. The number of rotatable bonds is 11. The zero-order valence-electron chi connectivity index (χ0n) is 20.7. The first-order valence-corrected chi connectivity index (χ1v) is 12.7. The van der Waals surface area contributed by atoms with Crippen LogP contribution in [0, 0.1) is 0 Å². The topological polar surface area (TPSA) is 48.0 Å². The minimum absolute atomic E-state index is 0.107. The number of nitrogens with zero attached hydrogens (tertiary/aromatic N) is 1. The van der Waals surface area contributed by atoms with Crippen LogP contribution in [0.1, 0.15) is 16.7 Å². The summed E-state index contributed by atoms with van der Waals surface area (Å²) in [5, 5.41) is 0. The Morgan fingerprint density at radius 2 is 1.35 bits per heavy atom. The average Bonchev–Trinajstić information content (AvgIpc) is 3.30. The summed E-state index contributed by atoms with van der Waals surface area (Å²) >= 11 is 0. The molecule has 4 aromatic rings. The van der Waals surface area contributed by atoms with Gasteiger partial charge in [-0.05, 0) is 47.4 Å². The van der Waals surface area contributed by atoms with Crippen molar-refractivity contribution >= 4 is 6.09 Å². The Kier molecular flexibility index (Phi) is 8.01. The number of carbonyl (C=O) groups excluding carboxylic acids is 1. The molecule has 1 heterocycles. The Balaban J connectivity index is 1.28. The van der Waals surface area contributed by atoms with E-state index in [1.54, 1.807) is 4.90 Å². The Bertz CT molecular complexity index is 1250. The molecule has 1 fully saturated rings. The molecule has 0 aliphatic carbocycles. The Morgan fingerprint density at radius 3 is 2.03 bits per heavy atom. The highest BCUT2D eigenvalue weighted by Crippen LogP contribution is 2.25. The molecule has 0 radical (unpaired) electrons. The van der Waals surface area contributed by atoms with Gasteiger partial charge in [-0.25, -0.2) is 4.79 Å². The fraction of sp³-hybridized carbons (Fsp3) is 0.219. The van der Waals surface area contributed by atoms with Crippen LogP contribution in [0.2, 0.25) is 0 Å². The van der Waals surface area contributed by atoms with Gasteiger partial charge in [-0.1, -0.05) is 91.0 Å². The SMILES string of the molecule is O=C1OCC(Cc2ccccc2)N1[C@H](Cc1ccc(OCCc2ccccc2)cc1)Oc1ccccc1. The summed E-state index contributed by atoms with van der Waals surface area (Å²) < 4.78 is 17.8. The van der Waals surface area contributed by atoms with E-state index in [1.807, 2.05) is 91.0 Å². The van der Waals surface area contributed by atoms with Crippen LogP contribution in [-0.2, 0) is 24.0 Å². The molecule has 1 aliphatic rings. The number of ether oxygens (including phenoxy) is 3. The van der Waals surface area contributed by atoms with Crippen LogP contribution in [0.15, 0.2) is 115 Å². The number of benzene rings is 4. The van der Waals surface area contributed by atoms with Gasteiger partial charge >= 0.3 is 6.09 Å². The molecule has 5 nitrogen and oxygen atoms in total. The predicted molar refractivity (Wildman–Crippen MR) is 144 cm³/mol. The van der Waals surface area contributed by atoms with Crippen molar-refractivity contribution in [1.82, 2.24) is 4.90 Å². The van der Waals surface area contributed by atoms with Crippen molar-refractivity contribution in [3.05, 3.63) is 132 Å². The second-order valence-corrected chi connectivity index (χ2v) is 9.15. The summed E-state index contributed by atoms with van der Waals surface area (Å²) in [5.41, 5.74) is 3.46. The van der Waals surface area contributed by atoms with Crippen LogP contribution in [0.3, 0.4) is 0 Å². The highest BCUT2D eigenvalue weighted by molar-refractivity contribution is 5.70. The highest BCUT2D eigenvalue weighted by atomic mass is 16.6. The molecule has 2 atom stereocenters. The maximum absolute atomic E-state index is 12.9. The van der Waals surface area contributed by atoms with E-state index in [2.05, 4.69) is 24.3 Å². The molecule has 0 saturated carbocycles. The third-order valence-electron chi connectivity index (χ3n) is 6.48. The summed E-state index contributed by atoms with van der Waals surface area (Å²) in [5.74, 6) is 1.54. The molecule has 0 bridgehead atoms. The molecule has 5 heteroatoms. The molecule has 0 spiro atoms. The van der Waals surface area contributed by atoms with Crippen molar-refractivity contribution in [3.63, 3.8) is 0 Å². The molecule has 1 aliphatic heterocycles. The summed E-state index contributed by atoms with van der Waals surface area (Å²) in [7, 11) is 0. The molecule has 1 amide bonds. The van der Waals surface area contributed by atoms with Crippen LogP contribution < -0.4 is 9.47 Å². The van der Waals surface area contributed by atoms with Crippen LogP contribution in [0.25, 0.3) is 0 Å². The van der Waals surface area contributed by atoms with Gasteiger partial charge in [0.1, 0.15) is 18.1 Å². The van der Waals surface area contributed by atoms with E-state index in [0.29, 0.717) is 31.8 Å². The molecule has 5 rings (SSSR count). The van der Waals surface area contributed by atoms with Crippen LogP contribution in [-0.4, -0.2) is 36.5 Å². The maximum Gasteiger partial charge on any atom is 0.413 e. The average molecular weight is 494 g/mol. The molecule has 0 N–H and O–H groups in total. The van der Waals surface area contributed by atoms with Gasteiger partial charge in [0, 0.05) is 12.8 Å². The van der Waals surface area contributed by atoms with E-state index in [-0.39, 0.29) is 12.1 Å². The Labute approximate surface area is 218 Å². The summed E-state index contributed by atoms with van der Waals surface area (Å²) in [4.78, 5) is 14.6. The van der Waals surface area contributed by atoms with E-state index in [9.17, 15) is 4.79 Å². The zero-order valence-corrected chi connectivity index (χ0v) is 20.7. The normalized spacial score (nSPS) is 15.7. The number of hydrogen-bond donors (Lipinski definition) is 0. The summed E-state index contributed by atoms with van der Waals surface area (Å²) in [6.07, 6.45) is 1.24. The zero-order chi connectivity index (χ0) is 25.3. The molecule has 37 heavy (non-hydrogen) atoms. The molecule has 188 valence electrons. The van der Waals surface area contributed by atoms with Gasteiger partial charge in [0.25, 0.3) is 0 Å². The summed E-state index contributed by atoms with van der Waals surface area (Å²) in [6, 6.07) is 38.0. The molecule has 1 unspecified atom stereocenters. The van der Waals surface area contributed by atoms with Gasteiger partial charge in [-0.15, -0.1) is 0 Å². The van der Waals surface area contributed by atoms with E-state index in [4.69, 9.17) is 14.2 Å². The Morgan fingerprint density at radius 1 is 0.730 bits per heavy atom. The lowest BCUT2D eigenvalue weighted by Crippen LogP contribution is -2.47. The van der Waals surface area contributed by atoms with Crippen molar-refractivity contribution < 1.29 is 19.0 Å². The van der Waals surface area contributed by atoms with Crippen molar-refractivity contribution in [2.24, 2.45) is 0 Å². The van der Waals surface area contributed by atoms with Crippen molar-refractivity contribution in [2.75, 3.05) is 13.2 Å². The fourth-order valence-corrected chi connectivity index (χ4v) is 4.58. The van der Waals surface area contributed by atoms with Gasteiger partial charge in [0.2, 0.25) is 0 Å². The predicted octanol–water partition coefficient (Wildman–Crippen LogP) is 6.32. The van der Waals surface area contributed by atoms with Crippen LogP contribution in [0.5, 0.6) is 11.5 Å². The first-order chi connectivity index (χ1) is 18.2. The minimum atomic E-state index is -0.504. The first-order valence-electron chi connectivity index (χ1n) is 12.7. The minimum Gasteiger partial charge on any atom is -0.493 e. The van der Waals surface area contributed by atoms with Gasteiger partial charge in [0.15, 0.2) is 6.23 Å². The van der Waals surface area contributed by atoms with Crippen molar-refractivity contribution in [2.45, 2.75) is 31.5 Å². The van der Waals surface area contributed by atoms with Gasteiger partial charge < -0.3 is 14.2 Å². The monoisotopic (exact) mass is 493 g/mol. The van der Waals surface area contributed by atoms with Gasteiger partial charge in [-0.3, -0.25) is 4.90 Å². The third-order valence-corrected chi connectivity index (χ3v) is 6.48. The first kappa shape index (κ1) is 24.4. The van der Waals surface area contributed by atoms with Crippen LogP contribution in [0.4, 0.5) is 4.79 Å². The smallest absolute Gasteiger partial charge is 0.413 e. The third kappa shape index (κ3) is 6.70. The quantitative estimate of drug-likeness (QED) is 0.245. The van der Waals surface area contributed by atoms with E-state index in [1.165, 1.54) is 5.56 Å². The summed E-state index contributed by atoms with van der Waals surface area (Å²) in [6.45, 7) is 0.959. The number of cyclic esters (lactones) is 1. The second kappa shape index (κ2) is 12.1. The molecule has 0 aromatic heterocycles. The lowest BCUT2D eigenvalue weighted by Gasteiger charge is -2.31. The van der Waals surface area contributed by atoms with E-state index >= 15 is 0 Å². The standard InChI is InChI=1S/C32H31NO4/c34-32-33(28(24-36-32)22-26-12-6-2-7-13-26)31(37-30-14-8-3-9-15-30)23-27-16-18-29(19-17-27)35-21-20-25-10-4-1-5-11-25/h1-19,28,31H,20-24H2/t28?,31-/m0/s1. The van der Waals surface area contributed by atoms with E-state index < -0.39 is 6.23 Å². The maximum atomic E-state index is 12.9. The highest BCUT2D eigenvalue weighted by Gasteiger charge is 2.39. The molecule has 4 aromatic carbocycles. The lowest BCUT2D eigenvalue weighted by molar-refractivity contribution is 0.0393. The number of hydrogen-bond acceptors (Lipinski definition) is 4. The van der Waals surface area contributed by atoms with Gasteiger partial charge in [0.05, 0.1) is 12.6 Å². The second-order valence-electron chi connectivity index (χ2n) is 9.15. The van der Waals surface area contributed by atoms with Crippen molar-refractivity contribution in [3.8, 4) is 11.5 Å². The van der Waals surface area contributed by atoms with Gasteiger partial charge in [-0.2, -0.15) is 0 Å². The Hall–Kier alpha value is -4.25. The molecular weight excluding hydrogens is 462 g/mol. The molecular formula is C32H31NO4. The fourth-order valence-electron chi connectivity index (χ4n) is 4.58. The number of amides is 1. The number of carbonyl (C=O) groups is 1. The lowest BCUT2D eigenvalue weighted by atomic mass is 10.0. The largest absolute Gasteiger partial charge is 0.493 e. The van der Waals surface area contributed by atoms with Crippen LogP contribution >= 0.6 is 0 Å².